The molecule has 1 aliphatic heterocycles. The fourth-order valence-electron chi connectivity index (χ4n) is 2.41. The molecular weight excluding hydrogens is 282 g/mol. The first-order valence-electron chi connectivity index (χ1n) is 7.39. The second-order valence-corrected chi connectivity index (χ2v) is 5.06. The van der Waals surface area contributed by atoms with Crippen molar-refractivity contribution in [3.8, 4) is 5.75 Å². The van der Waals surface area contributed by atoms with Crippen molar-refractivity contribution < 1.29 is 9.53 Å². The van der Waals surface area contributed by atoms with Gasteiger partial charge in [-0.1, -0.05) is 23.4 Å². The van der Waals surface area contributed by atoms with Gasteiger partial charge in [-0.3, -0.25) is 14.8 Å². The highest BCUT2D eigenvalue weighted by Gasteiger charge is 2.25. The monoisotopic (exact) mass is 301 g/mol. The van der Waals surface area contributed by atoms with Crippen molar-refractivity contribution in [2.75, 3.05) is 13.2 Å². The van der Waals surface area contributed by atoms with Gasteiger partial charge in [0.15, 0.2) is 0 Å². The van der Waals surface area contributed by atoms with Crippen LogP contribution in [0.1, 0.15) is 24.2 Å². The molecule has 2 N–H and O–H groups in total. The molecule has 0 fully saturated rings. The Balaban J connectivity index is 1.69. The van der Waals surface area contributed by atoms with Gasteiger partial charge in [0.05, 0.1) is 12.7 Å². The van der Waals surface area contributed by atoms with Gasteiger partial charge in [-0.15, -0.1) is 5.10 Å². The number of nitrogens with one attached hydrogen (secondary N) is 2. The van der Waals surface area contributed by atoms with Gasteiger partial charge in [0.1, 0.15) is 24.1 Å². The zero-order valence-electron chi connectivity index (χ0n) is 12.5. The first kappa shape index (κ1) is 14.5. The zero-order chi connectivity index (χ0) is 15.4. The van der Waals surface area contributed by atoms with Crippen LogP contribution in [0.3, 0.4) is 0 Å². The van der Waals surface area contributed by atoms with Crippen LogP contribution < -0.4 is 15.4 Å². The maximum Gasteiger partial charge on any atom is 0.242 e. The highest BCUT2D eigenvalue weighted by atomic mass is 16.5. The number of rotatable bonds is 4. The number of benzene rings is 1. The summed E-state index contributed by atoms with van der Waals surface area (Å²) in [5.74, 6) is 0.661. The van der Waals surface area contributed by atoms with E-state index in [9.17, 15) is 4.79 Å². The summed E-state index contributed by atoms with van der Waals surface area (Å²) in [6.07, 6.45) is 1.83. The number of para-hydroxylation sites is 1. The first-order valence-corrected chi connectivity index (χ1v) is 7.39. The number of amides is 1. The van der Waals surface area contributed by atoms with Gasteiger partial charge in [-0.25, -0.2) is 0 Å². The Bertz CT molecular complexity index is 655. The Kier molecular flexibility index (Phi) is 4.34. The van der Waals surface area contributed by atoms with E-state index in [4.69, 9.17) is 4.74 Å². The third-order valence-corrected chi connectivity index (χ3v) is 3.55. The van der Waals surface area contributed by atoms with Gasteiger partial charge in [0, 0.05) is 18.7 Å². The molecule has 116 valence electrons. The van der Waals surface area contributed by atoms with Crippen LogP contribution in [0.4, 0.5) is 0 Å². The zero-order valence-corrected chi connectivity index (χ0v) is 12.5. The minimum absolute atomic E-state index is 0.0935. The van der Waals surface area contributed by atoms with E-state index in [2.05, 4.69) is 20.9 Å². The molecule has 0 spiro atoms. The van der Waals surface area contributed by atoms with E-state index in [0.717, 1.165) is 23.6 Å². The number of aromatic nitrogens is 3. The van der Waals surface area contributed by atoms with Crippen molar-refractivity contribution in [1.82, 2.24) is 25.6 Å². The third kappa shape index (κ3) is 3.09. The molecule has 3 rings (SSSR count). The Morgan fingerprint density at radius 1 is 1.50 bits per heavy atom. The summed E-state index contributed by atoms with van der Waals surface area (Å²) >= 11 is 0. The smallest absolute Gasteiger partial charge is 0.242 e. The summed E-state index contributed by atoms with van der Waals surface area (Å²) in [6, 6.07) is 7.19. The Labute approximate surface area is 128 Å². The van der Waals surface area contributed by atoms with Gasteiger partial charge in [0.25, 0.3) is 0 Å². The molecular formula is C15H19N5O2. The summed E-state index contributed by atoms with van der Waals surface area (Å²) in [5.41, 5.74) is 1.60. The summed E-state index contributed by atoms with van der Waals surface area (Å²) in [5, 5.41) is 14.1. The molecule has 7 heteroatoms. The van der Waals surface area contributed by atoms with Crippen molar-refractivity contribution in [3.05, 3.63) is 41.7 Å². The summed E-state index contributed by atoms with van der Waals surface area (Å²) in [6.45, 7) is 4.28. The van der Waals surface area contributed by atoms with E-state index in [-0.39, 0.29) is 5.91 Å². The van der Waals surface area contributed by atoms with Gasteiger partial charge >= 0.3 is 0 Å². The van der Waals surface area contributed by atoms with E-state index in [1.54, 1.807) is 4.68 Å². The lowest BCUT2D eigenvalue weighted by atomic mass is 10.1. The Morgan fingerprint density at radius 2 is 2.36 bits per heavy atom. The molecule has 1 amide bonds. The molecule has 2 aromatic rings. The topological polar surface area (TPSA) is 81.1 Å². The minimum Gasteiger partial charge on any atom is -0.492 e. The van der Waals surface area contributed by atoms with E-state index in [1.807, 2.05) is 37.4 Å². The lowest BCUT2D eigenvalue weighted by Crippen LogP contribution is -2.37. The lowest BCUT2D eigenvalue weighted by Gasteiger charge is -2.16. The standard InChI is InChI=1S/C15H19N5O2/c1-2-20-10-11(18-19-20)9-17-15(21)14-12-5-3-4-6-13(12)22-8-7-16-14/h3-6,10,14,16H,2,7-9H2,1H3,(H,17,21). The van der Waals surface area contributed by atoms with Crippen LogP contribution in [0.2, 0.25) is 0 Å². The van der Waals surface area contributed by atoms with Gasteiger partial charge in [0.2, 0.25) is 5.91 Å². The third-order valence-electron chi connectivity index (χ3n) is 3.55. The van der Waals surface area contributed by atoms with Crippen molar-refractivity contribution in [1.29, 1.82) is 0 Å². The molecule has 1 aliphatic rings. The van der Waals surface area contributed by atoms with Crippen LogP contribution >= 0.6 is 0 Å². The van der Waals surface area contributed by atoms with Crippen LogP contribution in [-0.4, -0.2) is 34.1 Å². The fraction of sp³-hybridized carbons (Fsp3) is 0.400. The molecule has 0 saturated carbocycles. The number of carbonyl (C=O) groups excluding carboxylic acids is 1. The number of hydrogen-bond acceptors (Lipinski definition) is 5. The summed E-state index contributed by atoms with van der Waals surface area (Å²) in [4.78, 5) is 12.5. The van der Waals surface area contributed by atoms with Crippen LogP contribution in [0, 0.1) is 0 Å². The maximum absolute atomic E-state index is 12.5. The van der Waals surface area contributed by atoms with Gasteiger partial charge in [-0.05, 0) is 13.0 Å². The van der Waals surface area contributed by atoms with E-state index in [0.29, 0.717) is 19.7 Å². The van der Waals surface area contributed by atoms with E-state index < -0.39 is 6.04 Å². The largest absolute Gasteiger partial charge is 0.492 e. The predicted molar refractivity (Wildman–Crippen MR) is 80.2 cm³/mol. The quantitative estimate of drug-likeness (QED) is 0.866. The number of carbonyl (C=O) groups is 1. The maximum atomic E-state index is 12.5. The van der Waals surface area contributed by atoms with Crippen molar-refractivity contribution in [2.24, 2.45) is 0 Å². The number of nitrogens with zero attached hydrogens (tertiary/aromatic N) is 3. The molecule has 22 heavy (non-hydrogen) atoms. The molecule has 0 saturated heterocycles. The minimum atomic E-state index is -0.417. The second kappa shape index (κ2) is 6.57. The molecule has 1 aromatic heterocycles. The lowest BCUT2D eigenvalue weighted by molar-refractivity contribution is -0.123. The average molecular weight is 301 g/mol. The molecule has 0 radical (unpaired) electrons. The molecule has 7 nitrogen and oxygen atoms in total. The number of ether oxygens (including phenoxy) is 1. The van der Waals surface area contributed by atoms with Gasteiger partial charge < -0.3 is 10.1 Å². The Hall–Kier alpha value is -2.41. The highest BCUT2D eigenvalue weighted by Crippen LogP contribution is 2.26. The summed E-state index contributed by atoms with van der Waals surface area (Å²) < 4.78 is 7.37. The van der Waals surface area contributed by atoms with E-state index >= 15 is 0 Å². The fourth-order valence-corrected chi connectivity index (χ4v) is 2.41. The number of fused-ring (bicyclic) bond motifs is 1. The number of aryl methyl sites for hydroxylation is 1. The Morgan fingerprint density at radius 3 is 3.18 bits per heavy atom. The first-order chi connectivity index (χ1) is 10.8. The number of hydrogen-bond donors (Lipinski definition) is 2. The van der Waals surface area contributed by atoms with Crippen molar-refractivity contribution in [3.63, 3.8) is 0 Å². The molecule has 1 unspecified atom stereocenters. The van der Waals surface area contributed by atoms with Crippen molar-refractivity contribution in [2.45, 2.75) is 26.1 Å². The van der Waals surface area contributed by atoms with Crippen LogP contribution in [-0.2, 0) is 17.9 Å². The molecule has 1 aromatic carbocycles. The predicted octanol–water partition coefficient (Wildman–Crippen LogP) is 0.637. The summed E-state index contributed by atoms with van der Waals surface area (Å²) in [7, 11) is 0. The molecule has 0 aliphatic carbocycles. The molecule has 0 bridgehead atoms. The van der Waals surface area contributed by atoms with Crippen molar-refractivity contribution >= 4 is 5.91 Å². The normalized spacial score (nSPS) is 17.2. The van der Waals surface area contributed by atoms with Crippen LogP contribution in [0.15, 0.2) is 30.5 Å². The van der Waals surface area contributed by atoms with Gasteiger partial charge in [-0.2, -0.15) is 0 Å². The van der Waals surface area contributed by atoms with E-state index in [1.165, 1.54) is 0 Å². The van der Waals surface area contributed by atoms with Crippen LogP contribution in [0.25, 0.3) is 0 Å². The average Bonchev–Trinajstić information content (AvgIpc) is 2.91. The SMILES string of the molecule is CCn1cc(CNC(=O)C2NCCOc3ccccc32)nn1. The highest BCUT2D eigenvalue weighted by molar-refractivity contribution is 5.84. The van der Waals surface area contributed by atoms with Crippen LogP contribution in [0.5, 0.6) is 5.75 Å². The molecule has 1 atom stereocenters. The second-order valence-electron chi connectivity index (χ2n) is 5.06. The molecule has 2 heterocycles.